The van der Waals surface area contributed by atoms with E-state index in [1.807, 2.05) is 6.07 Å². The first-order valence-electron chi connectivity index (χ1n) is 11.5. The van der Waals surface area contributed by atoms with Gasteiger partial charge in [0, 0.05) is 38.0 Å². The van der Waals surface area contributed by atoms with Crippen molar-refractivity contribution >= 4 is 22.5 Å². The summed E-state index contributed by atoms with van der Waals surface area (Å²) >= 11 is 0. The van der Waals surface area contributed by atoms with Crippen LogP contribution in [0.4, 0.5) is 13.2 Å². The molecule has 1 fully saturated rings. The van der Waals surface area contributed by atoms with Gasteiger partial charge in [0.25, 0.3) is 5.56 Å². The maximum absolute atomic E-state index is 13.2. The lowest BCUT2D eigenvalue weighted by Gasteiger charge is -2.32. The SMILES string of the molecule is O=C(CCCc1nc2ccccc2c(=O)[nH]1)N1CCCC(c2nnc3ccc(C(F)(F)F)cn23)C1. The van der Waals surface area contributed by atoms with E-state index < -0.39 is 11.7 Å². The van der Waals surface area contributed by atoms with Gasteiger partial charge < -0.3 is 9.88 Å². The number of fused-ring (bicyclic) bond motifs is 2. The van der Waals surface area contributed by atoms with E-state index in [4.69, 9.17) is 0 Å². The van der Waals surface area contributed by atoms with E-state index in [1.165, 1.54) is 10.5 Å². The van der Waals surface area contributed by atoms with Crippen LogP contribution in [0, 0.1) is 0 Å². The van der Waals surface area contributed by atoms with Gasteiger partial charge >= 0.3 is 6.18 Å². The number of pyridine rings is 1. The number of rotatable bonds is 5. The molecule has 5 rings (SSSR count). The van der Waals surface area contributed by atoms with Crippen LogP contribution in [-0.4, -0.2) is 48.5 Å². The summed E-state index contributed by atoms with van der Waals surface area (Å²) in [5.74, 6) is 0.724. The van der Waals surface area contributed by atoms with E-state index in [0.29, 0.717) is 60.6 Å². The number of likely N-dealkylation sites (tertiary alicyclic amines) is 1. The van der Waals surface area contributed by atoms with Crippen LogP contribution < -0.4 is 5.56 Å². The lowest BCUT2D eigenvalue weighted by atomic mass is 9.96. The summed E-state index contributed by atoms with van der Waals surface area (Å²) < 4.78 is 40.9. The first-order valence-corrected chi connectivity index (χ1v) is 11.5. The average Bonchev–Trinajstić information content (AvgIpc) is 3.27. The summed E-state index contributed by atoms with van der Waals surface area (Å²) in [5, 5.41) is 8.66. The van der Waals surface area contributed by atoms with Gasteiger partial charge in [-0.1, -0.05) is 12.1 Å². The number of halogens is 3. The zero-order valence-corrected chi connectivity index (χ0v) is 18.8. The third-order valence-corrected chi connectivity index (χ3v) is 6.36. The molecule has 0 spiro atoms. The lowest BCUT2D eigenvalue weighted by Crippen LogP contribution is -2.39. The Hall–Kier alpha value is -3.76. The molecule has 0 saturated carbocycles. The van der Waals surface area contributed by atoms with Crippen molar-refractivity contribution in [3.63, 3.8) is 0 Å². The molecule has 4 aromatic rings. The number of aromatic amines is 1. The number of alkyl halides is 3. The number of para-hydroxylation sites is 1. The number of aryl methyl sites for hydroxylation is 1. The first kappa shape index (κ1) is 23.0. The largest absolute Gasteiger partial charge is 0.417 e. The van der Waals surface area contributed by atoms with Crippen molar-refractivity contribution in [3.05, 3.63) is 70.2 Å². The Morgan fingerprint density at radius 1 is 1.14 bits per heavy atom. The number of carbonyl (C=O) groups excluding carboxylic acids is 1. The van der Waals surface area contributed by atoms with Crippen molar-refractivity contribution in [2.75, 3.05) is 13.1 Å². The second kappa shape index (κ2) is 9.12. The van der Waals surface area contributed by atoms with E-state index in [-0.39, 0.29) is 23.8 Å². The van der Waals surface area contributed by atoms with E-state index in [0.717, 1.165) is 18.7 Å². The van der Waals surface area contributed by atoms with Crippen molar-refractivity contribution in [3.8, 4) is 0 Å². The van der Waals surface area contributed by atoms with Crippen LogP contribution in [0.25, 0.3) is 16.6 Å². The quantitative estimate of drug-likeness (QED) is 0.466. The molecule has 3 aromatic heterocycles. The van der Waals surface area contributed by atoms with Crippen molar-refractivity contribution in [2.45, 2.75) is 44.2 Å². The molecule has 1 atom stereocenters. The number of hydrogen-bond acceptors (Lipinski definition) is 5. The van der Waals surface area contributed by atoms with Crippen LogP contribution in [0.15, 0.2) is 47.4 Å². The van der Waals surface area contributed by atoms with Crippen molar-refractivity contribution in [1.82, 2.24) is 29.5 Å². The fourth-order valence-electron chi connectivity index (χ4n) is 4.59. The summed E-state index contributed by atoms with van der Waals surface area (Å²) in [5.41, 5.74) is -0.0147. The summed E-state index contributed by atoms with van der Waals surface area (Å²) in [6.07, 6.45) is -0.756. The Kier molecular flexibility index (Phi) is 6.00. The predicted molar refractivity (Wildman–Crippen MR) is 122 cm³/mol. The minimum atomic E-state index is -4.46. The number of carbonyl (C=O) groups is 1. The highest BCUT2D eigenvalue weighted by molar-refractivity contribution is 5.77. The predicted octanol–water partition coefficient (Wildman–Crippen LogP) is 3.71. The summed E-state index contributed by atoms with van der Waals surface area (Å²) in [4.78, 5) is 34.1. The minimum absolute atomic E-state index is 0.0392. The Labute approximate surface area is 197 Å². The fourth-order valence-corrected chi connectivity index (χ4v) is 4.59. The van der Waals surface area contributed by atoms with Gasteiger partial charge in [-0.2, -0.15) is 13.2 Å². The molecule has 4 heterocycles. The zero-order chi connectivity index (χ0) is 24.6. The number of amides is 1. The van der Waals surface area contributed by atoms with Crippen LogP contribution in [0.1, 0.15) is 48.8 Å². The molecule has 1 aliphatic heterocycles. The number of hydrogen-bond donors (Lipinski definition) is 1. The smallest absolute Gasteiger partial charge is 0.342 e. The van der Waals surface area contributed by atoms with E-state index in [9.17, 15) is 22.8 Å². The molecule has 1 saturated heterocycles. The van der Waals surface area contributed by atoms with Crippen molar-refractivity contribution in [2.24, 2.45) is 0 Å². The van der Waals surface area contributed by atoms with E-state index in [2.05, 4.69) is 20.2 Å². The third-order valence-electron chi connectivity index (χ3n) is 6.36. The van der Waals surface area contributed by atoms with Crippen molar-refractivity contribution < 1.29 is 18.0 Å². The monoisotopic (exact) mass is 484 g/mol. The van der Waals surface area contributed by atoms with Crippen molar-refractivity contribution in [1.29, 1.82) is 0 Å². The molecule has 0 bridgehead atoms. The van der Waals surface area contributed by atoms with E-state index >= 15 is 0 Å². The molecule has 8 nitrogen and oxygen atoms in total. The van der Waals surface area contributed by atoms with Crippen LogP contribution >= 0.6 is 0 Å². The lowest BCUT2D eigenvalue weighted by molar-refractivity contribution is -0.137. The topological polar surface area (TPSA) is 96.2 Å². The molecule has 11 heteroatoms. The van der Waals surface area contributed by atoms with Crippen LogP contribution in [-0.2, 0) is 17.4 Å². The normalized spacial score (nSPS) is 16.8. The number of nitrogens with zero attached hydrogens (tertiary/aromatic N) is 5. The van der Waals surface area contributed by atoms with Gasteiger partial charge in [0.1, 0.15) is 11.6 Å². The summed E-state index contributed by atoms with van der Waals surface area (Å²) in [6, 6.07) is 9.37. The Morgan fingerprint density at radius 3 is 2.80 bits per heavy atom. The highest BCUT2D eigenvalue weighted by atomic mass is 19.4. The molecule has 35 heavy (non-hydrogen) atoms. The number of H-pyrrole nitrogens is 1. The van der Waals surface area contributed by atoms with Crippen LogP contribution in [0.2, 0.25) is 0 Å². The van der Waals surface area contributed by atoms with Crippen LogP contribution in [0.5, 0.6) is 0 Å². The number of benzene rings is 1. The first-order chi connectivity index (χ1) is 16.8. The zero-order valence-electron chi connectivity index (χ0n) is 18.8. The fraction of sp³-hybridized carbons (Fsp3) is 0.375. The summed E-state index contributed by atoms with van der Waals surface area (Å²) in [6.45, 7) is 0.964. The Balaban J connectivity index is 1.24. The number of aromatic nitrogens is 5. The minimum Gasteiger partial charge on any atom is -0.342 e. The second-order valence-corrected chi connectivity index (χ2v) is 8.76. The maximum atomic E-state index is 13.2. The molecule has 182 valence electrons. The van der Waals surface area contributed by atoms with Gasteiger partial charge in [0.05, 0.1) is 16.5 Å². The maximum Gasteiger partial charge on any atom is 0.417 e. The molecular formula is C24H23F3N6O2. The highest BCUT2D eigenvalue weighted by Gasteiger charge is 2.32. The van der Waals surface area contributed by atoms with Gasteiger partial charge in [-0.25, -0.2) is 4.98 Å². The number of piperidine rings is 1. The van der Waals surface area contributed by atoms with E-state index in [1.54, 1.807) is 23.1 Å². The standard InChI is InChI=1S/C24H23F3N6O2/c25-24(26,27)16-10-11-20-30-31-22(33(20)14-16)15-5-4-12-32(13-15)21(34)9-3-8-19-28-18-7-2-1-6-17(18)23(35)29-19/h1-2,6-7,10-11,14-15H,3-5,8-9,12-13H2,(H,28,29,35). The average molecular weight is 484 g/mol. The van der Waals surface area contributed by atoms with Gasteiger partial charge in [-0.05, 0) is 43.5 Å². The highest BCUT2D eigenvalue weighted by Crippen LogP contribution is 2.31. The molecule has 1 aliphatic rings. The Morgan fingerprint density at radius 2 is 1.97 bits per heavy atom. The molecule has 0 aliphatic carbocycles. The third kappa shape index (κ3) is 4.75. The van der Waals surface area contributed by atoms with Gasteiger partial charge in [-0.3, -0.25) is 14.0 Å². The Bertz CT molecular complexity index is 1440. The molecule has 1 aromatic carbocycles. The van der Waals surface area contributed by atoms with Gasteiger partial charge in [-0.15, -0.1) is 10.2 Å². The van der Waals surface area contributed by atoms with Gasteiger partial charge in [0.15, 0.2) is 5.65 Å². The molecule has 1 N–H and O–H groups in total. The molecule has 1 amide bonds. The van der Waals surface area contributed by atoms with Crippen LogP contribution in [0.3, 0.4) is 0 Å². The molecule has 0 radical (unpaired) electrons. The second-order valence-electron chi connectivity index (χ2n) is 8.76. The van der Waals surface area contributed by atoms with Gasteiger partial charge in [0.2, 0.25) is 5.91 Å². The molecule has 1 unspecified atom stereocenters. The number of nitrogens with one attached hydrogen (secondary N) is 1. The summed E-state index contributed by atoms with van der Waals surface area (Å²) in [7, 11) is 0. The molecular weight excluding hydrogens is 461 g/mol.